The van der Waals surface area contributed by atoms with Crippen molar-refractivity contribution in [1.82, 2.24) is 9.88 Å². The summed E-state index contributed by atoms with van der Waals surface area (Å²) >= 11 is 5.54. The van der Waals surface area contributed by atoms with Gasteiger partial charge >= 0.3 is 11.7 Å². The zero-order valence-corrected chi connectivity index (χ0v) is 9.92. The van der Waals surface area contributed by atoms with Gasteiger partial charge in [0.1, 0.15) is 12.1 Å². The number of likely N-dealkylation sites (N-methyl/N-ethyl adjacent to an activating group) is 1. The van der Waals surface area contributed by atoms with Crippen LogP contribution in [0.3, 0.4) is 0 Å². The zero-order chi connectivity index (χ0) is 13.9. The smallest absolute Gasteiger partial charge is 0.323 e. The third kappa shape index (κ3) is 2.92. The lowest BCUT2D eigenvalue weighted by Crippen LogP contribution is -2.32. The number of nitrogens with zero attached hydrogens (tertiary/aromatic N) is 3. The molecule has 1 heterocycles. The van der Waals surface area contributed by atoms with E-state index in [2.05, 4.69) is 4.98 Å². The highest BCUT2D eigenvalue weighted by molar-refractivity contribution is 6.32. The van der Waals surface area contributed by atoms with Crippen LogP contribution in [-0.2, 0) is 4.79 Å². The van der Waals surface area contributed by atoms with Crippen molar-refractivity contribution in [3.63, 3.8) is 0 Å². The van der Waals surface area contributed by atoms with E-state index in [9.17, 15) is 19.7 Å². The fourth-order valence-corrected chi connectivity index (χ4v) is 1.48. The Hall–Kier alpha value is -2.22. The van der Waals surface area contributed by atoms with Crippen LogP contribution in [0.25, 0.3) is 0 Å². The summed E-state index contributed by atoms with van der Waals surface area (Å²) in [6, 6.07) is 1.12. The first-order chi connectivity index (χ1) is 8.34. The van der Waals surface area contributed by atoms with Crippen molar-refractivity contribution in [3.05, 3.63) is 33.1 Å². The average molecular weight is 274 g/mol. The molecule has 0 aliphatic carbocycles. The van der Waals surface area contributed by atoms with E-state index >= 15 is 0 Å². The van der Waals surface area contributed by atoms with Crippen LogP contribution in [0.2, 0.25) is 5.15 Å². The SMILES string of the molecule is CN(CC(=O)O)C(=O)c1ccnc(Cl)c1[N+](=O)[O-]. The fourth-order valence-electron chi connectivity index (χ4n) is 1.26. The van der Waals surface area contributed by atoms with Gasteiger partial charge in [0.05, 0.1) is 4.92 Å². The van der Waals surface area contributed by atoms with Gasteiger partial charge in [-0.2, -0.15) is 0 Å². The van der Waals surface area contributed by atoms with Gasteiger partial charge in [0, 0.05) is 13.2 Å². The maximum atomic E-state index is 11.8. The Morgan fingerprint density at radius 2 is 2.22 bits per heavy atom. The molecule has 0 spiro atoms. The standard InChI is InChI=1S/C9H8ClN3O5/c1-12(4-6(14)15)9(16)5-2-3-11-8(10)7(5)13(17)18/h2-3H,4H2,1H3,(H,14,15). The molecule has 0 atom stereocenters. The van der Waals surface area contributed by atoms with E-state index in [1.54, 1.807) is 0 Å². The number of amides is 1. The molecule has 0 aliphatic heterocycles. The van der Waals surface area contributed by atoms with Gasteiger partial charge in [-0.25, -0.2) is 4.98 Å². The summed E-state index contributed by atoms with van der Waals surface area (Å²) in [5.74, 6) is -2.04. The Bertz CT molecular complexity index is 519. The predicted octanol–water partition coefficient (Wildman–Crippen LogP) is 0.800. The third-order valence-electron chi connectivity index (χ3n) is 2.01. The second-order valence-electron chi connectivity index (χ2n) is 3.31. The van der Waals surface area contributed by atoms with E-state index in [0.29, 0.717) is 0 Å². The molecule has 9 heteroatoms. The summed E-state index contributed by atoms with van der Waals surface area (Å²) in [6.07, 6.45) is 1.14. The molecule has 18 heavy (non-hydrogen) atoms. The molecule has 0 fully saturated rings. The van der Waals surface area contributed by atoms with Crippen LogP contribution in [0.4, 0.5) is 5.69 Å². The van der Waals surface area contributed by atoms with E-state index in [4.69, 9.17) is 16.7 Å². The first-order valence-electron chi connectivity index (χ1n) is 4.60. The van der Waals surface area contributed by atoms with Gasteiger partial charge in [0.15, 0.2) is 0 Å². The molecule has 0 saturated heterocycles. The number of nitro groups is 1. The van der Waals surface area contributed by atoms with Crippen molar-refractivity contribution in [2.45, 2.75) is 0 Å². The number of carboxylic acid groups (broad SMARTS) is 1. The topological polar surface area (TPSA) is 114 Å². The average Bonchev–Trinajstić information content (AvgIpc) is 2.26. The fraction of sp³-hybridized carbons (Fsp3) is 0.222. The van der Waals surface area contributed by atoms with Gasteiger partial charge < -0.3 is 10.0 Å². The number of carbonyl (C=O) groups is 2. The molecular formula is C9H8ClN3O5. The van der Waals surface area contributed by atoms with E-state index in [-0.39, 0.29) is 5.56 Å². The number of hydrogen-bond donors (Lipinski definition) is 1. The Labute approximate surface area is 106 Å². The van der Waals surface area contributed by atoms with Gasteiger partial charge in [0.2, 0.25) is 5.15 Å². The second kappa shape index (κ2) is 5.41. The van der Waals surface area contributed by atoms with Crippen LogP contribution in [-0.4, -0.2) is 45.4 Å². The van der Waals surface area contributed by atoms with Gasteiger partial charge in [-0.3, -0.25) is 19.7 Å². The number of aliphatic carboxylic acids is 1. The minimum Gasteiger partial charge on any atom is -0.480 e. The highest BCUT2D eigenvalue weighted by atomic mass is 35.5. The lowest BCUT2D eigenvalue weighted by Gasteiger charge is -2.14. The number of carbonyl (C=O) groups excluding carboxylic acids is 1. The van der Waals surface area contributed by atoms with Gasteiger partial charge in [-0.05, 0) is 6.07 Å². The predicted molar refractivity (Wildman–Crippen MR) is 60.5 cm³/mol. The number of carboxylic acids is 1. The van der Waals surface area contributed by atoms with Crippen LogP contribution in [0, 0.1) is 10.1 Å². The number of rotatable bonds is 4. The normalized spacial score (nSPS) is 9.89. The van der Waals surface area contributed by atoms with E-state index in [1.807, 2.05) is 0 Å². The highest BCUT2D eigenvalue weighted by Crippen LogP contribution is 2.26. The minimum absolute atomic E-state index is 0.302. The van der Waals surface area contributed by atoms with Gasteiger partial charge in [-0.15, -0.1) is 0 Å². The third-order valence-corrected chi connectivity index (χ3v) is 2.29. The molecular weight excluding hydrogens is 266 g/mol. The summed E-state index contributed by atoms with van der Waals surface area (Å²) in [7, 11) is 1.22. The zero-order valence-electron chi connectivity index (χ0n) is 9.16. The van der Waals surface area contributed by atoms with E-state index < -0.39 is 34.2 Å². The minimum atomic E-state index is -1.23. The Balaban J connectivity index is 3.17. The number of pyridine rings is 1. The molecule has 0 radical (unpaired) electrons. The van der Waals surface area contributed by atoms with Crippen LogP contribution in [0.1, 0.15) is 10.4 Å². The summed E-state index contributed by atoms with van der Waals surface area (Å²) in [4.78, 5) is 36.6. The number of aromatic nitrogens is 1. The van der Waals surface area contributed by atoms with Crippen molar-refractivity contribution in [2.24, 2.45) is 0 Å². The Morgan fingerprint density at radius 1 is 1.61 bits per heavy atom. The quantitative estimate of drug-likeness (QED) is 0.493. The lowest BCUT2D eigenvalue weighted by molar-refractivity contribution is -0.385. The molecule has 0 saturated carbocycles. The molecule has 1 aromatic heterocycles. The molecule has 1 rings (SSSR count). The molecule has 0 aromatic carbocycles. The van der Waals surface area contributed by atoms with Crippen LogP contribution >= 0.6 is 11.6 Å². The van der Waals surface area contributed by atoms with Gasteiger partial charge in [0.25, 0.3) is 5.91 Å². The lowest BCUT2D eigenvalue weighted by atomic mass is 10.2. The molecule has 1 amide bonds. The maximum Gasteiger partial charge on any atom is 0.323 e. The molecule has 1 aromatic rings. The molecule has 1 N–H and O–H groups in total. The maximum absolute atomic E-state index is 11.8. The summed E-state index contributed by atoms with van der Waals surface area (Å²) in [5, 5.41) is 18.9. The Morgan fingerprint density at radius 3 is 2.72 bits per heavy atom. The summed E-state index contributed by atoms with van der Waals surface area (Å²) < 4.78 is 0. The molecule has 8 nitrogen and oxygen atoms in total. The van der Waals surface area contributed by atoms with Crippen LogP contribution in [0.5, 0.6) is 0 Å². The van der Waals surface area contributed by atoms with Crippen molar-refractivity contribution < 1.29 is 19.6 Å². The first kappa shape index (κ1) is 13.8. The monoisotopic (exact) mass is 273 g/mol. The van der Waals surface area contributed by atoms with E-state index in [0.717, 1.165) is 17.2 Å². The van der Waals surface area contributed by atoms with Crippen LogP contribution in [0.15, 0.2) is 12.3 Å². The molecule has 0 unspecified atom stereocenters. The largest absolute Gasteiger partial charge is 0.480 e. The van der Waals surface area contributed by atoms with Gasteiger partial charge in [-0.1, -0.05) is 11.6 Å². The highest BCUT2D eigenvalue weighted by Gasteiger charge is 2.27. The Kier molecular flexibility index (Phi) is 4.16. The molecule has 96 valence electrons. The second-order valence-corrected chi connectivity index (χ2v) is 3.67. The van der Waals surface area contributed by atoms with E-state index in [1.165, 1.54) is 7.05 Å². The number of halogens is 1. The summed E-state index contributed by atoms with van der Waals surface area (Å²) in [5.41, 5.74) is -0.940. The first-order valence-corrected chi connectivity index (χ1v) is 4.98. The van der Waals surface area contributed by atoms with Crippen molar-refractivity contribution >= 4 is 29.2 Å². The van der Waals surface area contributed by atoms with Crippen molar-refractivity contribution in [2.75, 3.05) is 13.6 Å². The van der Waals surface area contributed by atoms with Crippen molar-refractivity contribution in [1.29, 1.82) is 0 Å². The summed E-state index contributed by atoms with van der Waals surface area (Å²) in [6.45, 7) is -0.573. The van der Waals surface area contributed by atoms with Crippen LogP contribution < -0.4 is 0 Å². The molecule has 0 bridgehead atoms. The number of hydrogen-bond acceptors (Lipinski definition) is 5. The van der Waals surface area contributed by atoms with Crippen molar-refractivity contribution in [3.8, 4) is 0 Å². The molecule has 0 aliphatic rings.